The molecule has 0 saturated heterocycles. The predicted octanol–water partition coefficient (Wildman–Crippen LogP) is 2.14. The zero-order valence-electron chi connectivity index (χ0n) is 7.31. The summed E-state index contributed by atoms with van der Waals surface area (Å²) in [7, 11) is 0. The second kappa shape index (κ2) is 4.27. The molecule has 0 aromatic heterocycles. The zero-order valence-corrected chi connectivity index (χ0v) is 7.31. The fourth-order valence-electron chi connectivity index (χ4n) is 1.11. The van der Waals surface area contributed by atoms with Crippen molar-refractivity contribution in [3.05, 3.63) is 35.9 Å². The van der Waals surface area contributed by atoms with Crippen molar-refractivity contribution in [2.75, 3.05) is 0 Å². The van der Waals surface area contributed by atoms with Gasteiger partial charge in [-0.1, -0.05) is 35.5 Å². The molecule has 66 valence electrons. The van der Waals surface area contributed by atoms with E-state index >= 15 is 0 Å². The van der Waals surface area contributed by atoms with Crippen molar-refractivity contribution < 1.29 is 5.21 Å². The average molecular weight is 174 g/mol. The third-order valence-electron chi connectivity index (χ3n) is 1.84. The Morgan fingerprint density at radius 1 is 1.46 bits per heavy atom. The number of benzene rings is 1. The first-order valence-electron chi connectivity index (χ1n) is 3.92. The van der Waals surface area contributed by atoms with Gasteiger partial charge in [0.1, 0.15) is 5.92 Å². The second-order valence-corrected chi connectivity index (χ2v) is 2.71. The van der Waals surface area contributed by atoms with Gasteiger partial charge < -0.3 is 5.21 Å². The molecule has 0 saturated carbocycles. The Morgan fingerprint density at radius 2 is 2.08 bits per heavy atom. The Hall–Kier alpha value is -1.82. The molecule has 0 spiro atoms. The van der Waals surface area contributed by atoms with Crippen LogP contribution in [0.1, 0.15) is 18.4 Å². The SMILES string of the molecule is C/C(=N/O)C(C#N)c1ccccc1. The minimum absolute atomic E-state index is 0.411. The molecule has 3 nitrogen and oxygen atoms in total. The van der Waals surface area contributed by atoms with Crippen LogP contribution in [-0.2, 0) is 0 Å². The molecule has 13 heavy (non-hydrogen) atoms. The van der Waals surface area contributed by atoms with Gasteiger partial charge in [-0.05, 0) is 12.5 Å². The van der Waals surface area contributed by atoms with E-state index in [1.807, 2.05) is 30.3 Å². The number of nitrogens with zero attached hydrogens (tertiary/aromatic N) is 2. The second-order valence-electron chi connectivity index (χ2n) is 2.71. The van der Waals surface area contributed by atoms with Crippen LogP contribution in [0.15, 0.2) is 35.5 Å². The highest BCUT2D eigenvalue weighted by atomic mass is 16.4. The van der Waals surface area contributed by atoms with E-state index in [1.165, 1.54) is 0 Å². The van der Waals surface area contributed by atoms with E-state index < -0.39 is 5.92 Å². The minimum Gasteiger partial charge on any atom is -0.411 e. The lowest BCUT2D eigenvalue weighted by Crippen LogP contribution is -2.06. The van der Waals surface area contributed by atoms with Gasteiger partial charge in [0.2, 0.25) is 0 Å². The molecule has 0 aliphatic heterocycles. The maximum atomic E-state index is 8.84. The summed E-state index contributed by atoms with van der Waals surface area (Å²) in [4.78, 5) is 0. The molecule has 1 atom stereocenters. The Kier molecular flexibility index (Phi) is 3.04. The van der Waals surface area contributed by atoms with Crippen molar-refractivity contribution in [3.63, 3.8) is 0 Å². The van der Waals surface area contributed by atoms with Gasteiger partial charge in [-0.3, -0.25) is 0 Å². The van der Waals surface area contributed by atoms with Crippen LogP contribution in [0, 0.1) is 11.3 Å². The number of hydrogen-bond acceptors (Lipinski definition) is 3. The lowest BCUT2D eigenvalue weighted by Gasteiger charge is -2.06. The lowest BCUT2D eigenvalue weighted by molar-refractivity contribution is 0.317. The maximum Gasteiger partial charge on any atom is 0.112 e. The Bertz CT molecular complexity index is 338. The fourth-order valence-corrected chi connectivity index (χ4v) is 1.11. The molecule has 1 rings (SSSR count). The van der Waals surface area contributed by atoms with Crippen LogP contribution in [0.4, 0.5) is 0 Å². The number of oxime groups is 1. The van der Waals surface area contributed by atoms with Gasteiger partial charge in [0.15, 0.2) is 0 Å². The molecule has 0 radical (unpaired) electrons. The van der Waals surface area contributed by atoms with Gasteiger partial charge in [-0.15, -0.1) is 0 Å². The van der Waals surface area contributed by atoms with Gasteiger partial charge in [0, 0.05) is 0 Å². The summed E-state index contributed by atoms with van der Waals surface area (Å²) in [5.74, 6) is -0.453. The summed E-state index contributed by atoms with van der Waals surface area (Å²) in [6.45, 7) is 1.63. The van der Waals surface area contributed by atoms with E-state index in [1.54, 1.807) is 6.92 Å². The molecule has 0 aliphatic carbocycles. The van der Waals surface area contributed by atoms with Crippen molar-refractivity contribution in [2.24, 2.45) is 5.16 Å². The smallest absolute Gasteiger partial charge is 0.112 e. The molecule has 1 aromatic rings. The van der Waals surface area contributed by atoms with Crippen LogP contribution in [0.25, 0.3) is 0 Å². The maximum absolute atomic E-state index is 8.84. The van der Waals surface area contributed by atoms with Gasteiger partial charge in [0.25, 0.3) is 0 Å². The topological polar surface area (TPSA) is 56.4 Å². The van der Waals surface area contributed by atoms with Gasteiger partial charge >= 0.3 is 0 Å². The molecule has 3 heteroatoms. The third kappa shape index (κ3) is 2.06. The molecule has 1 N–H and O–H groups in total. The Labute approximate surface area is 76.9 Å². The van der Waals surface area contributed by atoms with Crippen LogP contribution in [0.2, 0.25) is 0 Å². The predicted molar refractivity (Wildman–Crippen MR) is 49.7 cm³/mol. The Morgan fingerprint density at radius 3 is 2.54 bits per heavy atom. The van der Waals surface area contributed by atoms with Crippen LogP contribution in [0.5, 0.6) is 0 Å². The van der Waals surface area contributed by atoms with E-state index in [-0.39, 0.29) is 0 Å². The molecule has 1 unspecified atom stereocenters. The highest BCUT2D eigenvalue weighted by molar-refractivity contribution is 5.90. The van der Waals surface area contributed by atoms with E-state index in [0.717, 1.165) is 5.56 Å². The fraction of sp³-hybridized carbons (Fsp3) is 0.200. The monoisotopic (exact) mass is 174 g/mol. The first-order chi connectivity index (χ1) is 6.29. The summed E-state index contributed by atoms with van der Waals surface area (Å²) >= 11 is 0. The highest BCUT2D eigenvalue weighted by Gasteiger charge is 2.13. The summed E-state index contributed by atoms with van der Waals surface area (Å²) in [5.41, 5.74) is 1.26. The number of nitriles is 1. The highest BCUT2D eigenvalue weighted by Crippen LogP contribution is 2.15. The Balaban J connectivity index is 3.00. The number of hydrogen-bond donors (Lipinski definition) is 1. The molecule has 0 aliphatic rings. The van der Waals surface area contributed by atoms with Gasteiger partial charge in [-0.25, -0.2) is 0 Å². The molecule has 0 fully saturated rings. The minimum atomic E-state index is -0.453. The first kappa shape index (κ1) is 9.27. The number of rotatable bonds is 2. The first-order valence-corrected chi connectivity index (χ1v) is 3.92. The van der Waals surface area contributed by atoms with E-state index in [9.17, 15) is 0 Å². The van der Waals surface area contributed by atoms with Crippen LogP contribution in [-0.4, -0.2) is 10.9 Å². The largest absolute Gasteiger partial charge is 0.411 e. The summed E-state index contributed by atoms with van der Waals surface area (Å²) < 4.78 is 0. The molecule has 0 amide bonds. The van der Waals surface area contributed by atoms with Crippen LogP contribution in [0.3, 0.4) is 0 Å². The normalized spacial score (nSPS) is 13.4. The molecule has 0 heterocycles. The standard InChI is InChI=1S/C10H10N2O/c1-8(12-13)10(7-11)9-5-3-2-4-6-9/h2-6,10,13H,1H3/b12-8-. The zero-order chi connectivity index (χ0) is 9.68. The van der Waals surface area contributed by atoms with E-state index in [2.05, 4.69) is 11.2 Å². The van der Waals surface area contributed by atoms with Gasteiger partial charge in [0.05, 0.1) is 11.8 Å². The van der Waals surface area contributed by atoms with Crippen molar-refractivity contribution in [2.45, 2.75) is 12.8 Å². The summed E-state index contributed by atoms with van der Waals surface area (Å²) in [6, 6.07) is 11.3. The molecule has 1 aromatic carbocycles. The van der Waals surface area contributed by atoms with E-state index in [0.29, 0.717) is 5.71 Å². The quantitative estimate of drug-likeness (QED) is 0.424. The third-order valence-corrected chi connectivity index (χ3v) is 1.84. The summed E-state index contributed by atoms with van der Waals surface area (Å²) in [6.07, 6.45) is 0. The van der Waals surface area contributed by atoms with Crippen LogP contribution >= 0.6 is 0 Å². The van der Waals surface area contributed by atoms with Crippen molar-refractivity contribution >= 4 is 5.71 Å². The van der Waals surface area contributed by atoms with Gasteiger partial charge in [-0.2, -0.15) is 5.26 Å². The van der Waals surface area contributed by atoms with E-state index in [4.69, 9.17) is 10.5 Å². The summed E-state index contributed by atoms with van der Waals surface area (Å²) in [5, 5.41) is 20.4. The average Bonchev–Trinajstić information content (AvgIpc) is 2.20. The van der Waals surface area contributed by atoms with Crippen molar-refractivity contribution in [1.82, 2.24) is 0 Å². The molecular weight excluding hydrogens is 164 g/mol. The lowest BCUT2D eigenvalue weighted by atomic mass is 9.97. The van der Waals surface area contributed by atoms with Crippen molar-refractivity contribution in [3.8, 4) is 6.07 Å². The molecular formula is C10H10N2O. The van der Waals surface area contributed by atoms with Crippen molar-refractivity contribution in [1.29, 1.82) is 5.26 Å². The molecule has 0 bridgehead atoms. The van der Waals surface area contributed by atoms with Crippen LogP contribution < -0.4 is 0 Å².